The lowest BCUT2D eigenvalue weighted by molar-refractivity contribution is 0.109. The standard InChI is InChI=1S/C24H22O7/c1-4-13-28-23(25)30-21-17-9-7-8-10-18(17)22(31-24(26)29-14-5-2)20-15-16(27-6-3)11-12-19(20)21/h4-5,7-12,15H,1-2,6,13-14H2,3H3. The van der Waals surface area contributed by atoms with E-state index in [0.29, 0.717) is 33.9 Å². The molecule has 3 rings (SSSR count). The number of fused-ring (bicyclic) bond motifs is 2. The van der Waals surface area contributed by atoms with E-state index in [-0.39, 0.29) is 24.7 Å². The molecule has 7 nitrogen and oxygen atoms in total. The normalized spacial score (nSPS) is 10.4. The Morgan fingerprint density at radius 2 is 1.32 bits per heavy atom. The van der Waals surface area contributed by atoms with Gasteiger partial charge in [-0.2, -0.15) is 0 Å². The van der Waals surface area contributed by atoms with Gasteiger partial charge in [-0.3, -0.25) is 0 Å². The second-order valence-corrected chi connectivity index (χ2v) is 6.25. The molecule has 0 aliphatic rings. The van der Waals surface area contributed by atoms with Crippen LogP contribution in [0.1, 0.15) is 6.92 Å². The van der Waals surface area contributed by atoms with Gasteiger partial charge in [0.25, 0.3) is 0 Å². The summed E-state index contributed by atoms with van der Waals surface area (Å²) >= 11 is 0. The molecule has 0 saturated carbocycles. The lowest BCUT2D eigenvalue weighted by Crippen LogP contribution is -2.13. The van der Waals surface area contributed by atoms with Crippen molar-refractivity contribution in [1.82, 2.24) is 0 Å². The molecule has 0 saturated heterocycles. The molecule has 0 aliphatic carbocycles. The monoisotopic (exact) mass is 422 g/mol. The van der Waals surface area contributed by atoms with Crippen LogP contribution in [0.5, 0.6) is 17.2 Å². The molecule has 0 aromatic heterocycles. The van der Waals surface area contributed by atoms with Crippen LogP contribution in [0.4, 0.5) is 9.59 Å². The highest BCUT2D eigenvalue weighted by atomic mass is 16.7. The van der Waals surface area contributed by atoms with Crippen molar-refractivity contribution in [2.75, 3.05) is 19.8 Å². The Hall–Kier alpha value is -4.00. The van der Waals surface area contributed by atoms with Crippen LogP contribution in [0.25, 0.3) is 21.5 Å². The van der Waals surface area contributed by atoms with E-state index in [1.807, 2.05) is 6.92 Å². The van der Waals surface area contributed by atoms with Crippen molar-refractivity contribution in [3.8, 4) is 17.2 Å². The van der Waals surface area contributed by atoms with E-state index >= 15 is 0 Å². The summed E-state index contributed by atoms with van der Waals surface area (Å²) in [5.74, 6) is 1.09. The zero-order valence-electron chi connectivity index (χ0n) is 17.1. The molecule has 0 aliphatic heterocycles. The largest absolute Gasteiger partial charge is 0.514 e. The molecular formula is C24H22O7. The maximum atomic E-state index is 12.2. The fourth-order valence-electron chi connectivity index (χ4n) is 3.03. The molecule has 31 heavy (non-hydrogen) atoms. The van der Waals surface area contributed by atoms with Gasteiger partial charge in [0.15, 0.2) is 5.75 Å². The van der Waals surface area contributed by atoms with Crippen molar-refractivity contribution >= 4 is 33.9 Å². The molecule has 160 valence electrons. The summed E-state index contributed by atoms with van der Waals surface area (Å²) in [6.45, 7) is 9.36. The van der Waals surface area contributed by atoms with E-state index < -0.39 is 12.3 Å². The van der Waals surface area contributed by atoms with Gasteiger partial charge in [0.2, 0.25) is 0 Å². The Bertz CT molecular complexity index is 1130. The number of hydrogen-bond acceptors (Lipinski definition) is 7. The van der Waals surface area contributed by atoms with Crippen molar-refractivity contribution in [1.29, 1.82) is 0 Å². The first kappa shape index (κ1) is 21.7. The predicted molar refractivity (Wildman–Crippen MR) is 117 cm³/mol. The molecule has 0 heterocycles. The average molecular weight is 422 g/mol. The number of hydrogen-bond donors (Lipinski definition) is 0. The van der Waals surface area contributed by atoms with Crippen LogP contribution in [-0.2, 0) is 9.47 Å². The third-order valence-corrected chi connectivity index (χ3v) is 4.22. The summed E-state index contributed by atoms with van der Waals surface area (Å²) in [7, 11) is 0. The van der Waals surface area contributed by atoms with Gasteiger partial charge in [-0.15, -0.1) is 0 Å². The molecule has 0 radical (unpaired) electrons. The minimum Gasteiger partial charge on any atom is -0.494 e. The van der Waals surface area contributed by atoms with Gasteiger partial charge < -0.3 is 23.7 Å². The van der Waals surface area contributed by atoms with Crippen molar-refractivity contribution < 1.29 is 33.3 Å². The van der Waals surface area contributed by atoms with Crippen molar-refractivity contribution in [2.24, 2.45) is 0 Å². The van der Waals surface area contributed by atoms with Gasteiger partial charge in [0, 0.05) is 21.5 Å². The van der Waals surface area contributed by atoms with E-state index in [9.17, 15) is 9.59 Å². The van der Waals surface area contributed by atoms with Gasteiger partial charge >= 0.3 is 12.3 Å². The van der Waals surface area contributed by atoms with Crippen LogP contribution in [0.3, 0.4) is 0 Å². The Kier molecular flexibility index (Phi) is 7.11. The maximum Gasteiger partial charge on any atom is 0.514 e. The van der Waals surface area contributed by atoms with Gasteiger partial charge in [-0.1, -0.05) is 49.6 Å². The molecule has 0 unspecified atom stereocenters. The number of carbonyl (C=O) groups excluding carboxylic acids is 2. The van der Waals surface area contributed by atoms with Crippen molar-refractivity contribution in [3.63, 3.8) is 0 Å². The third-order valence-electron chi connectivity index (χ3n) is 4.22. The molecule has 0 N–H and O–H groups in total. The number of carbonyl (C=O) groups is 2. The molecule has 0 spiro atoms. The average Bonchev–Trinajstić information content (AvgIpc) is 2.78. The molecule has 3 aromatic rings. The van der Waals surface area contributed by atoms with E-state index in [2.05, 4.69) is 13.2 Å². The lowest BCUT2D eigenvalue weighted by Gasteiger charge is -2.16. The summed E-state index contributed by atoms with van der Waals surface area (Å²) in [6, 6.07) is 12.2. The molecular weight excluding hydrogens is 400 g/mol. The molecule has 3 aromatic carbocycles. The van der Waals surface area contributed by atoms with Gasteiger partial charge in [0.05, 0.1) is 6.61 Å². The molecule has 7 heteroatoms. The Balaban J connectivity index is 2.22. The molecule has 0 fully saturated rings. The van der Waals surface area contributed by atoms with Crippen LogP contribution in [0, 0.1) is 0 Å². The number of rotatable bonds is 8. The second kappa shape index (κ2) is 10.2. The Labute approximate surface area is 179 Å². The minimum absolute atomic E-state index is 0.00916. The summed E-state index contributed by atoms with van der Waals surface area (Å²) in [4.78, 5) is 24.4. The summed E-state index contributed by atoms with van der Waals surface area (Å²) in [5.41, 5.74) is 0. The minimum atomic E-state index is -0.882. The van der Waals surface area contributed by atoms with Gasteiger partial charge in [-0.25, -0.2) is 9.59 Å². The molecule has 0 amide bonds. The summed E-state index contributed by atoms with van der Waals surface area (Å²) < 4.78 is 26.6. The smallest absolute Gasteiger partial charge is 0.494 e. The SMILES string of the molecule is C=CCOC(=O)Oc1c2ccccc2c(OC(=O)OCC=C)c2cc(OCC)ccc12. The predicted octanol–water partition coefficient (Wildman–Crippen LogP) is 5.79. The van der Waals surface area contributed by atoms with E-state index in [4.69, 9.17) is 23.7 Å². The fraction of sp³-hybridized carbons (Fsp3) is 0.167. The summed E-state index contributed by atoms with van der Waals surface area (Å²) in [5, 5.41) is 2.14. The van der Waals surface area contributed by atoms with E-state index in [0.717, 1.165) is 0 Å². The van der Waals surface area contributed by atoms with Crippen LogP contribution in [0.15, 0.2) is 67.8 Å². The van der Waals surface area contributed by atoms with Gasteiger partial charge in [0.1, 0.15) is 24.7 Å². The first-order valence-corrected chi connectivity index (χ1v) is 9.61. The quantitative estimate of drug-likeness (QED) is 0.197. The zero-order chi connectivity index (χ0) is 22.2. The topological polar surface area (TPSA) is 80.3 Å². The van der Waals surface area contributed by atoms with Crippen LogP contribution in [-0.4, -0.2) is 32.1 Å². The van der Waals surface area contributed by atoms with E-state index in [1.165, 1.54) is 12.2 Å². The van der Waals surface area contributed by atoms with Crippen LogP contribution >= 0.6 is 0 Å². The zero-order valence-corrected chi connectivity index (χ0v) is 17.1. The van der Waals surface area contributed by atoms with Crippen molar-refractivity contribution in [2.45, 2.75) is 6.92 Å². The first-order chi connectivity index (χ1) is 15.1. The van der Waals surface area contributed by atoms with Crippen LogP contribution in [0.2, 0.25) is 0 Å². The third kappa shape index (κ3) is 4.95. The highest BCUT2D eigenvalue weighted by Crippen LogP contribution is 2.44. The number of ether oxygens (including phenoxy) is 5. The van der Waals surface area contributed by atoms with Crippen molar-refractivity contribution in [3.05, 3.63) is 67.8 Å². The first-order valence-electron chi connectivity index (χ1n) is 9.61. The molecule has 0 bridgehead atoms. The summed E-state index contributed by atoms with van der Waals surface area (Å²) in [6.07, 6.45) is 1.13. The Morgan fingerprint density at radius 1 is 0.806 bits per heavy atom. The Morgan fingerprint density at radius 3 is 1.84 bits per heavy atom. The maximum absolute atomic E-state index is 12.2. The fourth-order valence-corrected chi connectivity index (χ4v) is 3.03. The second-order valence-electron chi connectivity index (χ2n) is 6.25. The lowest BCUT2D eigenvalue weighted by atomic mass is 10.0. The highest BCUT2D eigenvalue weighted by Gasteiger charge is 2.21. The highest BCUT2D eigenvalue weighted by molar-refractivity contribution is 6.12. The van der Waals surface area contributed by atoms with E-state index in [1.54, 1.807) is 42.5 Å². The van der Waals surface area contributed by atoms with Gasteiger partial charge in [-0.05, 0) is 25.1 Å². The number of benzene rings is 3. The van der Waals surface area contributed by atoms with Crippen LogP contribution < -0.4 is 14.2 Å². The molecule has 0 atom stereocenters.